The Hall–Kier alpha value is -2.38. The molecule has 2 aromatic heterocycles. The van der Waals surface area contributed by atoms with Crippen LogP contribution in [0.2, 0.25) is 0 Å². The predicted octanol–water partition coefficient (Wildman–Crippen LogP) is 4.24. The molecular formula is C23H29N3O3S. The fourth-order valence-electron chi connectivity index (χ4n) is 3.68. The van der Waals surface area contributed by atoms with Gasteiger partial charge in [-0.05, 0) is 44.9 Å². The molecule has 30 heavy (non-hydrogen) atoms. The highest BCUT2D eigenvalue weighted by atomic mass is 32.2. The van der Waals surface area contributed by atoms with Crippen molar-refractivity contribution in [1.82, 2.24) is 14.1 Å². The Labute approximate surface area is 181 Å². The van der Waals surface area contributed by atoms with E-state index in [2.05, 4.69) is 9.55 Å². The van der Waals surface area contributed by atoms with Crippen LogP contribution >= 0.6 is 11.8 Å². The van der Waals surface area contributed by atoms with E-state index in [1.165, 1.54) is 11.8 Å². The number of aromatic nitrogens is 3. The van der Waals surface area contributed by atoms with Crippen molar-refractivity contribution in [2.75, 3.05) is 19.5 Å². The summed E-state index contributed by atoms with van der Waals surface area (Å²) >= 11 is 1.34. The van der Waals surface area contributed by atoms with Gasteiger partial charge in [-0.25, -0.2) is 4.98 Å². The van der Waals surface area contributed by atoms with Crippen LogP contribution in [0.15, 0.2) is 40.3 Å². The number of ether oxygens (including phenoxy) is 1. The molecule has 0 atom stereocenters. The summed E-state index contributed by atoms with van der Waals surface area (Å²) in [5, 5.41) is 1.21. The minimum Gasteiger partial charge on any atom is -0.385 e. The lowest BCUT2D eigenvalue weighted by Crippen LogP contribution is -2.23. The summed E-state index contributed by atoms with van der Waals surface area (Å²) < 4.78 is 8.99. The van der Waals surface area contributed by atoms with Gasteiger partial charge in [0.1, 0.15) is 0 Å². The highest BCUT2D eigenvalue weighted by Crippen LogP contribution is 2.22. The average molecular weight is 428 g/mol. The highest BCUT2D eigenvalue weighted by Gasteiger charge is 2.18. The lowest BCUT2D eigenvalue weighted by atomic mass is 10.2. The lowest BCUT2D eigenvalue weighted by molar-refractivity contribution is 0.102. The maximum Gasteiger partial charge on any atom is 0.262 e. The van der Waals surface area contributed by atoms with Crippen molar-refractivity contribution in [2.45, 2.75) is 51.9 Å². The molecule has 0 aliphatic carbocycles. The first kappa shape index (κ1) is 22.3. The smallest absolute Gasteiger partial charge is 0.262 e. The van der Waals surface area contributed by atoms with Gasteiger partial charge in [-0.3, -0.25) is 14.2 Å². The van der Waals surface area contributed by atoms with E-state index in [0.29, 0.717) is 29.2 Å². The largest absolute Gasteiger partial charge is 0.385 e. The predicted molar refractivity (Wildman–Crippen MR) is 122 cm³/mol. The van der Waals surface area contributed by atoms with E-state index in [0.717, 1.165) is 36.3 Å². The molecule has 0 fully saturated rings. The molecule has 0 aliphatic heterocycles. The molecule has 0 radical (unpaired) electrons. The molecule has 1 aromatic carbocycles. The van der Waals surface area contributed by atoms with E-state index in [9.17, 15) is 9.59 Å². The quantitative estimate of drug-likeness (QED) is 0.210. The van der Waals surface area contributed by atoms with Crippen molar-refractivity contribution >= 4 is 28.4 Å². The fourth-order valence-corrected chi connectivity index (χ4v) is 4.59. The number of fused-ring (bicyclic) bond motifs is 1. The molecule has 3 aromatic rings. The van der Waals surface area contributed by atoms with Gasteiger partial charge in [-0.1, -0.05) is 30.8 Å². The Morgan fingerprint density at radius 1 is 1.17 bits per heavy atom. The third kappa shape index (κ3) is 4.68. The molecule has 3 rings (SSSR count). The number of hydrogen-bond acceptors (Lipinski definition) is 5. The number of carbonyl (C=O) groups is 1. The fraction of sp³-hybridized carbons (Fsp3) is 0.435. The summed E-state index contributed by atoms with van der Waals surface area (Å²) in [6.45, 7) is 8.14. The van der Waals surface area contributed by atoms with Crippen LogP contribution in [0.3, 0.4) is 0 Å². The van der Waals surface area contributed by atoms with Gasteiger partial charge in [0, 0.05) is 43.8 Å². The van der Waals surface area contributed by atoms with Crippen molar-refractivity contribution in [1.29, 1.82) is 0 Å². The second kappa shape index (κ2) is 10.1. The number of nitrogens with zero attached hydrogens (tertiary/aromatic N) is 3. The van der Waals surface area contributed by atoms with E-state index in [1.807, 2.05) is 45.0 Å². The monoisotopic (exact) mass is 427 g/mol. The molecule has 0 unspecified atom stereocenters. The zero-order valence-electron chi connectivity index (χ0n) is 18.1. The SMILES string of the molecule is CCCn1c(SCC(=O)c2cc(C)n(CCCOC)c2C)nc2ccccc2c1=O. The number of aryl methyl sites for hydroxylation is 1. The Morgan fingerprint density at radius 3 is 2.67 bits per heavy atom. The summed E-state index contributed by atoms with van der Waals surface area (Å²) in [5.41, 5.74) is 3.41. The molecule has 0 N–H and O–H groups in total. The molecule has 2 heterocycles. The van der Waals surface area contributed by atoms with Crippen molar-refractivity contribution < 1.29 is 9.53 Å². The van der Waals surface area contributed by atoms with Crippen molar-refractivity contribution in [2.24, 2.45) is 0 Å². The zero-order chi connectivity index (χ0) is 21.7. The number of ketones is 1. The van der Waals surface area contributed by atoms with Crippen molar-refractivity contribution in [3.05, 3.63) is 57.6 Å². The van der Waals surface area contributed by atoms with E-state index >= 15 is 0 Å². The molecular weight excluding hydrogens is 398 g/mol. The molecule has 0 spiro atoms. The van der Waals surface area contributed by atoms with Crippen LogP contribution in [0.25, 0.3) is 10.9 Å². The summed E-state index contributed by atoms with van der Waals surface area (Å²) in [6.07, 6.45) is 1.73. The zero-order valence-corrected chi connectivity index (χ0v) is 18.9. The van der Waals surface area contributed by atoms with E-state index in [-0.39, 0.29) is 17.1 Å². The van der Waals surface area contributed by atoms with Crippen LogP contribution < -0.4 is 5.56 Å². The van der Waals surface area contributed by atoms with Gasteiger partial charge in [0.15, 0.2) is 10.9 Å². The minimum atomic E-state index is -0.0475. The summed E-state index contributed by atoms with van der Waals surface area (Å²) in [7, 11) is 1.69. The number of rotatable bonds is 10. The number of thioether (sulfide) groups is 1. The molecule has 7 heteroatoms. The topological polar surface area (TPSA) is 66.1 Å². The first-order valence-corrected chi connectivity index (χ1v) is 11.3. The average Bonchev–Trinajstić information content (AvgIpc) is 3.03. The molecule has 0 bridgehead atoms. The number of methoxy groups -OCH3 is 1. The maximum absolute atomic E-state index is 13.0. The van der Waals surface area contributed by atoms with Crippen LogP contribution in [0, 0.1) is 13.8 Å². The van der Waals surface area contributed by atoms with Crippen molar-refractivity contribution in [3.63, 3.8) is 0 Å². The number of benzene rings is 1. The molecule has 6 nitrogen and oxygen atoms in total. The molecule has 160 valence electrons. The molecule has 0 saturated heterocycles. The third-order valence-electron chi connectivity index (χ3n) is 5.21. The first-order chi connectivity index (χ1) is 14.5. The van der Waals surface area contributed by atoms with Gasteiger partial charge in [0.2, 0.25) is 0 Å². The Morgan fingerprint density at radius 2 is 1.93 bits per heavy atom. The Balaban J connectivity index is 1.82. The van der Waals surface area contributed by atoms with E-state index in [1.54, 1.807) is 17.7 Å². The van der Waals surface area contributed by atoms with Gasteiger partial charge in [-0.2, -0.15) is 0 Å². The number of para-hydroxylation sites is 1. The molecule has 0 aliphatic rings. The number of Topliss-reactive ketones (excluding diaryl/α,β-unsaturated/α-hetero) is 1. The van der Waals surface area contributed by atoms with Crippen LogP contribution in [-0.2, 0) is 17.8 Å². The number of carbonyl (C=O) groups excluding carboxylic acids is 1. The Kier molecular flexibility index (Phi) is 7.50. The maximum atomic E-state index is 13.0. The van der Waals surface area contributed by atoms with E-state index in [4.69, 9.17) is 4.74 Å². The van der Waals surface area contributed by atoms with Crippen LogP contribution in [0.1, 0.15) is 41.5 Å². The second-order valence-electron chi connectivity index (χ2n) is 7.36. The van der Waals surface area contributed by atoms with Gasteiger partial charge < -0.3 is 9.30 Å². The Bertz CT molecular complexity index is 1100. The summed E-state index contributed by atoms with van der Waals surface area (Å²) in [6, 6.07) is 9.32. The minimum absolute atomic E-state index is 0.0475. The highest BCUT2D eigenvalue weighted by molar-refractivity contribution is 7.99. The lowest BCUT2D eigenvalue weighted by Gasteiger charge is -2.12. The molecule has 0 saturated carbocycles. The van der Waals surface area contributed by atoms with Crippen LogP contribution in [0.4, 0.5) is 0 Å². The van der Waals surface area contributed by atoms with Gasteiger partial charge in [-0.15, -0.1) is 0 Å². The van der Waals surface area contributed by atoms with Crippen LogP contribution in [-0.4, -0.2) is 39.4 Å². The van der Waals surface area contributed by atoms with Gasteiger partial charge in [0.05, 0.1) is 16.7 Å². The normalized spacial score (nSPS) is 11.3. The van der Waals surface area contributed by atoms with Gasteiger partial charge >= 0.3 is 0 Å². The van der Waals surface area contributed by atoms with Crippen molar-refractivity contribution in [3.8, 4) is 0 Å². The van der Waals surface area contributed by atoms with E-state index < -0.39 is 0 Å². The summed E-state index contributed by atoms with van der Waals surface area (Å²) in [4.78, 5) is 30.5. The number of hydrogen-bond donors (Lipinski definition) is 0. The standard InChI is InChI=1S/C23H29N3O3S/c1-5-11-26-22(28)18-9-6-7-10-20(18)24-23(26)30-15-21(27)19-14-16(2)25(17(19)3)12-8-13-29-4/h6-7,9-10,14H,5,8,11-13,15H2,1-4H3. The summed E-state index contributed by atoms with van der Waals surface area (Å²) in [5.74, 6) is 0.299. The third-order valence-corrected chi connectivity index (χ3v) is 6.19. The van der Waals surface area contributed by atoms with Crippen LogP contribution in [0.5, 0.6) is 0 Å². The second-order valence-corrected chi connectivity index (χ2v) is 8.31. The van der Waals surface area contributed by atoms with Gasteiger partial charge in [0.25, 0.3) is 5.56 Å². The molecule has 0 amide bonds. The first-order valence-electron chi connectivity index (χ1n) is 10.3.